The molecule has 2 aromatic carbocycles. The highest BCUT2D eigenvalue weighted by atomic mass is 32.2. The van der Waals surface area contributed by atoms with E-state index in [0.717, 1.165) is 5.56 Å². The van der Waals surface area contributed by atoms with Gasteiger partial charge in [-0.25, -0.2) is 8.42 Å². The Bertz CT molecular complexity index is 888. The molecule has 2 aromatic rings. The summed E-state index contributed by atoms with van der Waals surface area (Å²) in [6.45, 7) is 9.64. The van der Waals surface area contributed by atoms with E-state index in [9.17, 15) is 13.2 Å². The number of anilines is 1. The Morgan fingerprint density at radius 1 is 0.962 bits per heavy atom. The van der Waals surface area contributed by atoms with Crippen molar-refractivity contribution >= 4 is 21.6 Å². The monoisotopic (exact) mass is 374 g/mol. The maximum Gasteiger partial charge on any atom is 0.261 e. The number of nitrogens with one attached hydrogen (secondary N) is 2. The van der Waals surface area contributed by atoms with Crippen LogP contribution in [0.3, 0.4) is 0 Å². The Labute approximate surface area is 155 Å². The lowest BCUT2D eigenvalue weighted by Crippen LogP contribution is -2.36. The van der Waals surface area contributed by atoms with Gasteiger partial charge in [-0.1, -0.05) is 37.6 Å². The van der Waals surface area contributed by atoms with Crippen molar-refractivity contribution in [2.45, 2.75) is 45.6 Å². The lowest BCUT2D eigenvalue weighted by atomic mass is 10.0. The van der Waals surface area contributed by atoms with E-state index < -0.39 is 10.0 Å². The van der Waals surface area contributed by atoms with Crippen molar-refractivity contribution in [2.24, 2.45) is 5.92 Å². The van der Waals surface area contributed by atoms with Crippen LogP contribution in [0.5, 0.6) is 0 Å². The highest BCUT2D eigenvalue weighted by Crippen LogP contribution is 2.23. The first kappa shape index (κ1) is 20.0. The van der Waals surface area contributed by atoms with E-state index in [0.29, 0.717) is 22.7 Å². The molecule has 1 atom stereocenters. The zero-order chi connectivity index (χ0) is 19.5. The largest absolute Gasteiger partial charge is 0.349 e. The van der Waals surface area contributed by atoms with Crippen molar-refractivity contribution in [2.75, 3.05) is 4.72 Å². The van der Waals surface area contributed by atoms with Gasteiger partial charge in [-0.3, -0.25) is 9.52 Å². The normalized spacial score (nSPS) is 12.7. The van der Waals surface area contributed by atoms with Crippen LogP contribution in [0.4, 0.5) is 5.69 Å². The molecule has 5 nitrogen and oxygen atoms in total. The Balaban J connectivity index is 2.28. The van der Waals surface area contributed by atoms with Gasteiger partial charge in [-0.2, -0.15) is 0 Å². The van der Waals surface area contributed by atoms with Crippen LogP contribution < -0.4 is 10.0 Å². The van der Waals surface area contributed by atoms with Crippen LogP contribution in [0, 0.1) is 19.8 Å². The Hall–Kier alpha value is -2.34. The number of sulfonamides is 1. The SMILES string of the molecule is Cc1ccc(S(=O)(=O)Nc2cccc(C(=O)N[C@@H](C)C(C)C)c2C)cc1. The van der Waals surface area contributed by atoms with E-state index >= 15 is 0 Å². The summed E-state index contributed by atoms with van der Waals surface area (Å²) in [5, 5.41) is 2.95. The van der Waals surface area contributed by atoms with Crippen LogP contribution in [0.25, 0.3) is 0 Å². The molecule has 0 aliphatic carbocycles. The smallest absolute Gasteiger partial charge is 0.261 e. The summed E-state index contributed by atoms with van der Waals surface area (Å²) in [5.74, 6) is 0.0996. The molecule has 0 fully saturated rings. The van der Waals surface area contributed by atoms with Gasteiger partial charge in [0.1, 0.15) is 0 Å². The first-order valence-corrected chi connectivity index (χ1v) is 10.1. The van der Waals surface area contributed by atoms with Crippen LogP contribution in [-0.2, 0) is 10.0 Å². The average Bonchev–Trinajstić information content (AvgIpc) is 2.56. The fraction of sp³-hybridized carbons (Fsp3) is 0.350. The zero-order valence-corrected chi connectivity index (χ0v) is 16.6. The predicted octanol–water partition coefficient (Wildman–Crippen LogP) is 3.88. The van der Waals surface area contributed by atoms with Gasteiger partial charge in [0.15, 0.2) is 0 Å². The van der Waals surface area contributed by atoms with Gasteiger partial charge in [0.2, 0.25) is 0 Å². The molecule has 0 spiro atoms. The predicted molar refractivity (Wildman–Crippen MR) is 105 cm³/mol. The molecule has 0 aliphatic heterocycles. The third-order valence-electron chi connectivity index (χ3n) is 4.51. The summed E-state index contributed by atoms with van der Waals surface area (Å²) < 4.78 is 27.8. The number of amides is 1. The molecule has 0 radical (unpaired) electrons. The highest BCUT2D eigenvalue weighted by Gasteiger charge is 2.19. The first-order valence-electron chi connectivity index (χ1n) is 8.62. The number of carbonyl (C=O) groups is 1. The lowest BCUT2D eigenvalue weighted by molar-refractivity contribution is 0.0930. The van der Waals surface area contributed by atoms with Gasteiger partial charge in [0.25, 0.3) is 15.9 Å². The van der Waals surface area contributed by atoms with Crippen molar-refractivity contribution in [1.29, 1.82) is 0 Å². The van der Waals surface area contributed by atoms with Crippen LogP contribution in [-0.4, -0.2) is 20.4 Å². The number of benzene rings is 2. The molecule has 140 valence electrons. The van der Waals surface area contributed by atoms with E-state index in [-0.39, 0.29) is 16.8 Å². The maximum atomic E-state index is 12.6. The molecule has 2 rings (SSSR count). The summed E-state index contributed by atoms with van der Waals surface area (Å²) in [6.07, 6.45) is 0. The van der Waals surface area contributed by atoms with Crippen molar-refractivity contribution in [1.82, 2.24) is 5.32 Å². The fourth-order valence-electron chi connectivity index (χ4n) is 2.36. The van der Waals surface area contributed by atoms with Gasteiger partial charge in [-0.15, -0.1) is 0 Å². The Morgan fingerprint density at radius 2 is 1.58 bits per heavy atom. The molecule has 0 aromatic heterocycles. The molecule has 0 unspecified atom stereocenters. The van der Waals surface area contributed by atoms with Crippen molar-refractivity contribution in [3.63, 3.8) is 0 Å². The number of hydrogen-bond donors (Lipinski definition) is 2. The molecule has 26 heavy (non-hydrogen) atoms. The fourth-order valence-corrected chi connectivity index (χ4v) is 3.49. The average molecular weight is 375 g/mol. The van der Waals surface area contributed by atoms with E-state index in [1.54, 1.807) is 49.4 Å². The van der Waals surface area contributed by atoms with Crippen molar-refractivity contribution in [3.8, 4) is 0 Å². The second-order valence-corrected chi connectivity index (χ2v) is 8.59. The number of hydrogen-bond acceptors (Lipinski definition) is 3. The molecule has 2 N–H and O–H groups in total. The molecule has 0 aliphatic rings. The molecule has 0 saturated carbocycles. The highest BCUT2D eigenvalue weighted by molar-refractivity contribution is 7.92. The second-order valence-electron chi connectivity index (χ2n) is 6.90. The van der Waals surface area contributed by atoms with E-state index in [4.69, 9.17) is 0 Å². The van der Waals surface area contributed by atoms with E-state index in [1.807, 2.05) is 27.7 Å². The van der Waals surface area contributed by atoms with Crippen LogP contribution in [0.15, 0.2) is 47.4 Å². The molecule has 0 bridgehead atoms. The minimum atomic E-state index is -3.71. The molecule has 0 saturated heterocycles. The summed E-state index contributed by atoms with van der Waals surface area (Å²) in [6, 6.07) is 11.7. The lowest BCUT2D eigenvalue weighted by Gasteiger charge is -2.19. The van der Waals surface area contributed by atoms with Crippen molar-refractivity contribution < 1.29 is 13.2 Å². The van der Waals surface area contributed by atoms with Gasteiger partial charge in [-0.05, 0) is 56.5 Å². The first-order chi connectivity index (χ1) is 12.1. The van der Waals surface area contributed by atoms with Gasteiger partial charge >= 0.3 is 0 Å². The summed E-state index contributed by atoms with van der Waals surface area (Å²) >= 11 is 0. The number of aryl methyl sites for hydroxylation is 1. The molecule has 1 amide bonds. The van der Waals surface area contributed by atoms with Gasteiger partial charge < -0.3 is 5.32 Å². The third-order valence-corrected chi connectivity index (χ3v) is 5.89. The van der Waals surface area contributed by atoms with Crippen LogP contribution in [0.1, 0.15) is 42.3 Å². The Kier molecular flexibility index (Phi) is 6.08. The summed E-state index contributed by atoms with van der Waals surface area (Å²) in [4.78, 5) is 12.7. The minimum Gasteiger partial charge on any atom is -0.349 e. The van der Waals surface area contributed by atoms with Gasteiger partial charge in [0.05, 0.1) is 10.6 Å². The molecule has 0 heterocycles. The zero-order valence-electron chi connectivity index (χ0n) is 15.8. The molecule has 6 heteroatoms. The number of rotatable bonds is 6. The van der Waals surface area contributed by atoms with E-state index in [1.165, 1.54) is 0 Å². The summed E-state index contributed by atoms with van der Waals surface area (Å²) in [5.41, 5.74) is 2.44. The summed E-state index contributed by atoms with van der Waals surface area (Å²) in [7, 11) is -3.71. The third kappa shape index (κ3) is 4.64. The standard InChI is InChI=1S/C20H26N2O3S/c1-13(2)16(5)21-20(23)18-7-6-8-19(15(18)4)22-26(24,25)17-11-9-14(3)10-12-17/h6-13,16,22H,1-5H3,(H,21,23)/t16-/m0/s1. The Morgan fingerprint density at radius 3 is 2.15 bits per heavy atom. The minimum absolute atomic E-state index is 0.0230. The van der Waals surface area contributed by atoms with Gasteiger partial charge in [0, 0.05) is 11.6 Å². The molecular weight excluding hydrogens is 348 g/mol. The van der Waals surface area contributed by atoms with Crippen LogP contribution >= 0.6 is 0 Å². The second kappa shape index (κ2) is 7.91. The quantitative estimate of drug-likeness (QED) is 0.806. The topological polar surface area (TPSA) is 75.3 Å². The van der Waals surface area contributed by atoms with Crippen molar-refractivity contribution in [3.05, 3.63) is 59.2 Å². The maximum absolute atomic E-state index is 12.6. The molecular formula is C20H26N2O3S. The number of carbonyl (C=O) groups excluding carboxylic acids is 1. The van der Waals surface area contributed by atoms with E-state index in [2.05, 4.69) is 10.0 Å². The van der Waals surface area contributed by atoms with Crippen LogP contribution in [0.2, 0.25) is 0 Å².